The summed E-state index contributed by atoms with van der Waals surface area (Å²) in [6.07, 6.45) is 0. The standard InChI is InChI=1S/C12H16BrClN2/c1-9-7-16(5-4-15-9)8-10-2-3-11(13)12(14)6-10/h2-3,6,9,15H,4-5,7-8H2,1H3. The van der Waals surface area contributed by atoms with Gasteiger partial charge in [-0.15, -0.1) is 0 Å². The topological polar surface area (TPSA) is 15.3 Å². The van der Waals surface area contributed by atoms with Crippen LogP contribution >= 0.6 is 27.5 Å². The van der Waals surface area contributed by atoms with Crippen LogP contribution < -0.4 is 5.32 Å². The number of halogens is 2. The molecule has 0 aromatic heterocycles. The van der Waals surface area contributed by atoms with E-state index < -0.39 is 0 Å². The Labute approximate surface area is 110 Å². The largest absolute Gasteiger partial charge is 0.312 e. The Hall–Kier alpha value is -0.0900. The predicted octanol–water partition coefficient (Wildman–Crippen LogP) is 2.90. The third-order valence-electron chi connectivity index (χ3n) is 2.84. The van der Waals surface area contributed by atoms with Gasteiger partial charge in [0.2, 0.25) is 0 Å². The average Bonchev–Trinajstić information content (AvgIpc) is 2.24. The van der Waals surface area contributed by atoms with Crippen LogP contribution in [0, 0.1) is 0 Å². The zero-order valence-corrected chi connectivity index (χ0v) is 11.7. The lowest BCUT2D eigenvalue weighted by molar-refractivity contribution is 0.199. The summed E-state index contributed by atoms with van der Waals surface area (Å²) in [5, 5.41) is 4.24. The van der Waals surface area contributed by atoms with E-state index in [9.17, 15) is 0 Å². The van der Waals surface area contributed by atoms with Crippen molar-refractivity contribution in [1.82, 2.24) is 10.2 Å². The molecule has 0 amide bonds. The smallest absolute Gasteiger partial charge is 0.0551 e. The highest BCUT2D eigenvalue weighted by molar-refractivity contribution is 9.10. The zero-order chi connectivity index (χ0) is 11.5. The van der Waals surface area contributed by atoms with Crippen LogP contribution in [0.5, 0.6) is 0 Å². The van der Waals surface area contributed by atoms with Gasteiger partial charge < -0.3 is 5.32 Å². The molecule has 0 spiro atoms. The highest BCUT2D eigenvalue weighted by Crippen LogP contribution is 2.23. The minimum atomic E-state index is 0.583. The van der Waals surface area contributed by atoms with Crippen molar-refractivity contribution in [3.8, 4) is 0 Å². The highest BCUT2D eigenvalue weighted by Gasteiger charge is 2.15. The summed E-state index contributed by atoms with van der Waals surface area (Å²) >= 11 is 9.49. The van der Waals surface area contributed by atoms with Crippen molar-refractivity contribution in [2.45, 2.75) is 19.5 Å². The van der Waals surface area contributed by atoms with E-state index in [1.807, 2.05) is 12.1 Å². The Balaban J connectivity index is 2.00. The van der Waals surface area contributed by atoms with E-state index in [2.05, 4.69) is 39.1 Å². The van der Waals surface area contributed by atoms with Gasteiger partial charge in [0.15, 0.2) is 0 Å². The molecule has 0 saturated carbocycles. The minimum Gasteiger partial charge on any atom is -0.312 e. The van der Waals surface area contributed by atoms with Crippen molar-refractivity contribution >= 4 is 27.5 Å². The third-order valence-corrected chi connectivity index (χ3v) is 4.08. The van der Waals surface area contributed by atoms with E-state index in [0.29, 0.717) is 6.04 Å². The lowest BCUT2D eigenvalue weighted by Crippen LogP contribution is -2.48. The molecular weight excluding hydrogens is 288 g/mol. The number of piperazine rings is 1. The first-order valence-electron chi connectivity index (χ1n) is 5.55. The van der Waals surface area contributed by atoms with Gasteiger partial charge in [-0.05, 0) is 40.5 Å². The number of benzene rings is 1. The molecule has 1 saturated heterocycles. The van der Waals surface area contributed by atoms with Crippen molar-refractivity contribution < 1.29 is 0 Å². The summed E-state index contributed by atoms with van der Waals surface area (Å²) in [4.78, 5) is 2.46. The molecule has 88 valence electrons. The lowest BCUT2D eigenvalue weighted by Gasteiger charge is -2.31. The number of nitrogens with one attached hydrogen (secondary N) is 1. The molecule has 1 aliphatic rings. The Bertz CT molecular complexity index is 370. The van der Waals surface area contributed by atoms with E-state index >= 15 is 0 Å². The molecule has 1 fully saturated rings. The Kier molecular flexibility index (Phi) is 4.25. The predicted molar refractivity (Wildman–Crippen MR) is 71.9 cm³/mol. The molecule has 16 heavy (non-hydrogen) atoms. The molecule has 1 aromatic carbocycles. The summed E-state index contributed by atoms with van der Waals surface area (Å²) in [5.41, 5.74) is 1.28. The van der Waals surface area contributed by atoms with E-state index in [1.165, 1.54) is 5.56 Å². The van der Waals surface area contributed by atoms with Gasteiger partial charge >= 0.3 is 0 Å². The second-order valence-corrected chi connectivity index (χ2v) is 5.60. The van der Waals surface area contributed by atoms with Crippen LogP contribution in [0.3, 0.4) is 0 Å². The second-order valence-electron chi connectivity index (χ2n) is 4.34. The summed E-state index contributed by atoms with van der Waals surface area (Å²) in [6, 6.07) is 6.77. The van der Waals surface area contributed by atoms with Gasteiger partial charge in [-0.1, -0.05) is 17.7 Å². The molecule has 2 nitrogen and oxygen atoms in total. The van der Waals surface area contributed by atoms with E-state index in [4.69, 9.17) is 11.6 Å². The van der Waals surface area contributed by atoms with Gasteiger partial charge in [-0.2, -0.15) is 0 Å². The molecular formula is C12H16BrClN2. The SMILES string of the molecule is CC1CN(Cc2ccc(Br)c(Cl)c2)CCN1. The van der Waals surface area contributed by atoms with Crippen molar-refractivity contribution in [2.75, 3.05) is 19.6 Å². The minimum absolute atomic E-state index is 0.583. The fraction of sp³-hybridized carbons (Fsp3) is 0.500. The molecule has 4 heteroatoms. The monoisotopic (exact) mass is 302 g/mol. The summed E-state index contributed by atoms with van der Waals surface area (Å²) in [7, 11) is 0. The highest BCUT2D eigenvalue weighted by atomic mass is 79.9. The number of hydrogen-bond donors (Lipinski definition) is 1. The fourth-order valence-electron chi connectivity index (χ4n) is 2.05. The van der Waals surface area contributed by atoms with Gasteiger partial charge in [0.25, 0.3) is 0 Å². The maximum absolute atomic E-state index is 6.08. The molecule has 1 N–H and O–H groups in total. The molecule has 0 bridgehead atoms. The quantitative estimate of drug-likeness (QED) is 0.904. The normalized spacial score (nSPS) is 22.3. The van der Waals surface area contributed by atoms with Gasteiger partial charge in [0.05, 0.1) is 5.02 Å². The van der Waals surface area contributed by atoms with Crippen LogP contribution in [0.15, 0.2) is 22.7 Å². The van der Waals surface area contributed by atoms with E-state index in [0.717, 1.165) is 35.7 Å². The first-order valence-corrected chi connectivity index (χ1v) is 6.72. The van der Waals surface area contributed by atoms with Crippen LogP contribution in [0.1, 0.15) is 12.5 Å². The van der Waals surface area contributed by atoms with Crippen molar-refractivity contribution in [3.05, 3.63) is 33.3 Å². The molecule has 1 unspecified atom stereocenters. The molecule has 0 aliphatic carbocycles. The summed E-state index contributed by atoms with van der Waals surface area (Å²) < 4.78 is 0.964. The van der Waals surface area contributed by atoms with Crippen molar-refractivity contribution in [3.63, 3.8) is 0 Å². The fourth-order valence-corrected chi connectivity index (χ4v) is 2.50. The van der Waals surface area contributed by atoms with Crippen LogP contribution in [0.4, 0.5) is 0 Å². The van der Waals surface area contributed by atoms with Crippen molar-refractivity contribution in [1.29, 1.82) is 0 Å². The van der Waals surface area contributed by atoms with Crippen LogP contribution in [0.2, 0.25) is 5.02 Å². The first kappa shape index (κ1) is 12.4. The van der Waals surface area contributed by atoms with Gasteiger partial charge in [0, 0.05) is 36.7 Å². The number of nitrogens with zero attached hydrogens (tertiary/aromatic N) is 1. The number of rotatable bonds is 2. The molecule has 2 rings (SSSR count). The second kappa shape index (κ2) is 5.50. The molecule has 0 radical (unpaired) electrons. The van der Waals surface area contributed by atoms with Crippen molar-refractivity contribution in [2.24, 2.45) is 0 Å². The maximum atomic E-state index is 6.08. The van der Waals surface area contributed by atoms with Gasteiger partial charge in [-0.3, -0.25) is 4.90 Å². The Morgan fingerprint density at radius 2 is 2.38 bits per heavy atom. The molecule has 1 aromatic rings. The van der Waals surface area contributed by atoms with Crippen LogP contribution in [-0.2, 0) is 6.54 Å². The number of hydrogen-bond acceptors (Lipinski definition) is 2. The van der Waals surface area contributed by atoms with Crippen LogP contribution in [0.25, 0.3) is 0 Å². The molecule has 1 heterocycles. The lowest BCUT2D eigenvalue weighted by atomic mass is 10.1. The Morgan fingerprint density at radius 3 is 3.06 bits per heavy atom. The maximum Gasteiger partial charge on any atom is 0.0551 e. The van der Waals surface area contributed by atoms with E-state index in [-0.39, 0.29) is 0 Å². The van der Waals surface area contributed by atoms with E-state index in [1.54, 1.807) is 0 Å². The molecule has 1 aliphatic heterocycles. The summed E-state index contributed by atoms with van der Waals surface area (Å²) in [6.45, 7) is 6.50. The zero-order valence-electron chi connectivity index (χ0n) is 9.34. The Morgan fingerprint density at radius 1 is 1.56 bits per heavy atom. The van der Waals surface area contributed by atoms with Gasteiger partial charge in [-0.25, -0.2) is 0 Å². The average molecular weight is 304 g/mol. The molecule has 1 atom stereocenters. The first-order chi connectivity index (χ1) is 7.65. The third kappa shape index (κ3) is 3.20. The summed E-state index contributed by atoms with van der Waals surface area (Å²) in [5.74, 6) is 0. The van der Waals surface area contributed by atoms with Gasteiger partial charge in [0.1, 0.15) is 0 Å². The van der Waals surface area contributed by atoms with Crippen LogP contribution in [-0.4, -0.2) is 30.6 Å².